The first-order valence-electron chi connectivity index (χ1n) is 11.7. The Labute approximate surface area is 223 Å². The van der Waals surface area contributed by atoms with E-state index in [1.54, 1.807) is 40.1 Å². The Kier molecular flexibility index (Phi) is 7.16. The molecule has 10 heteroatoms. The van der Waals surface area contributed by atoms with Gasteiger partial charge >= 0.3 is 0 Å². The molecule has 2 amide bonds. The molecular weight excluding hydrogens is 512 g/mol. The Morgan fingerprint density at radius 3 is 2.43 bits per heavy atom. The quantitative estimate of drug-likeness (QED) is 0.258. The van der Waals surface area contributed by atoms with Gasteiger partial charge < -0.3 is 9.80 Å². The fourth-order valence-electron chi connectivity index (χ4n) is 4.40. The van der Waals surface area contributed by atoms with Gasteiger partial charge in [-0.1, -0.05) is 47.6 Å². The third kappa shape index (κ3) is 5.47. The Morgan fingerprint density at radius 2 is 1.73 bits per heavy atom. The highest BCUT2D eigenvalue weighted by Crippen LogP contribution is 2.42. The number of piperazine rings is 1. The van der Waals surface area contributed by atoms with E-state index in [1.807, 2.05) is 36.4 Å². The Hall–Kier alpha value is -3.82. The Morgan fingerprint density at radius 1 is 1.00 bits per heavy atom. The molecule has 37 heavy (non-hydrogen) atoms. The largest absolute Gasteiger partial charge is 0.368 e. The lowest BCUT2D eigenvalue weighted by atomic mass is 10.2. The number of amides is 2. The topological polar surface area (TPSA) is 87.0 Å². The van der Waals surface area contributed by atoms with Crippen LogP contribution in [-0.2, 0) is 9.59 Å². The minimum Gasteiger partial charge on any atom is -0.368 e. The van der Waals surface area contributed by atoms with Crippen LogP contribution < -0.4 is 9.80 Å². The minimum absolute atomic E-state index is 0.0472. The van der Waals surface area contributed by atoms with E-state index in [4.69, 9.17) is 11.6 Å². The Balaban J connectivity index is 1.29. The highest BCUT2D eigenvalue weighted by molar-refractivity contribution is 8.04. The number of nitro groups is 1. The molecule has 5 rings (SSSR count). The van der Waals surface area contributed by atoms with Gasteiger partial charge in [0.05, 0.1) is 15.5 Å². The summed E-state index contributed by atoms with van der Waals surface area (Å²) in [5.74, 6) is -0.345. The van der Waals surface area contributed by atoms with E-state index >= 15 is 0 Å². The van der Waals surface area contributed by atoms with Gasteiger partial charge in [0.15, 0.2) is 0 Å². The summed E-state index contributed by atoms with van der Waals surface area (Å²) in [7, 11) is 0. The summed E-state index contributed by atoms with van der Waals surface area (Å²) in [5.41, 5.74) is 2.46. The van der Waals surface area contributed by atoms with Gasteiger partial charge in [-0.05, 0) is 48.0 Å². The molecule has 8 nitrogen and oxygen atoms in total. The number of para-hydroxylation sites is 1. The number of fused-ring (bicyclic) bond motifs is 1. The number of nitrogens with zero attached hydrogens (tertiary/aromatic N) is 4. The zero-order valence-electron chi connectivity index (χ0n) is 19.7. The number of halogens is 1. The molecule has 188 valence electrons. The average Bonchev–Trinajstić information content (AvgIpc) is 2.91. The van der Waals surface area contributed by atoms with Crippen molar-refractivity contribution in [2.24, 2.45) is 0 Å². The third-order valence-corrected chi connectivity index (χ3v) is 7.64. The fourth-order valence-corrected chi connectivity index (χ4v) is 5.66. The summed E-state index contributed by atoms with van der Waals surface area (Å²) < 4.78 is 0. The second-order valence-electron chi connectivity index (χ2n) is 8.67. The van der Waals surface area contributed by atoms with Crippen LogP contribution in [-0.4, -0.2) is 54.4 Å². The van der Waals surface area contributed by atoms with Crippen molar-refractivity contribution in [3.63, 3.8) is 0 Å². The third-order valence-electron chi connectivity index (χ3n) is 6.33. The first-order chi connectivity index (χ1) is 17.9. The number of carbonyl (C=O) groups is 2. The van der Waals surface area contributed by atoms with E-state index < -0.39 is 4.92 Å². The maximum absolute atomic E-state index is 13.5. The maximum Gasteiger partial charge on any atom is 0.269 e. The van der Waals surface area contributed by atoms with E-state index in [-0.39, 0.29) is 24.0 Å². The van der Waals surface area contributed by atoms with Gasteiger partial charge in [-0.2, -0.15) is 0 Å². The molecule has 0 saturated carbocycles. The lowest BCUT2D eigenvalue weighted by Gasteiger charge is -2.37. The van der Waals surface area contributed by atoms with E-state index in [9.17, 15) is 19.7 Å². The van der Waals surface area contributed by atoms with Crippen molar-refractivity contribution in [2.75, 3.05) is 42.5 Å². The minimum atomic E-state index is -0.422. The molecule has 3 aromatic rings. The molecule has 0 aliphatic carbocycles. The van der Waals surface area contributed by atoms with Crippen LogP contribution in [0.1, 0.15) is 5.56 Å². The molecule has 2 heterocycles. The number of hydrogen-bond donors (Lipinski definition) is 0. The lowest BCUT2D eigenvalue weighted by Crippen LogP contribution is -2.52. The number of anilines is 2. The van der Waals surface area contributed by atoms with E-state index in [2.05, 4.69) is 4.90 Å². The second kappa shape index (κ2) is 10.7. The first-order valence-corrected chi connectivity index (χ1v) is 12.9. The number of benzene rings is 3. The van der Waals surface area contributed by atoms with Crippen molar-refractivity contribution in [3.8, 4) is 0 Å². The van der Waals surface area contributed by atoms with Crippen LogP contribution in [0.25, 0.3) is 6.08 Å². The van der Waals surface area contributed by atoms with Crippen LogP contribution in [0.15, 0.2) is 82.6 Å². The normalized spacial score (nSPS) is 16.6. The van der Waals surface area contributed by atoms with E-state index in [0.29, 0.717) is 36.1 Å². The lowest BCUT2D eigenvalue weighted by molar-refractivity contribution is -0.384. The summed E-state index contributed by atoms with van der Waals surface area (Å²) in [4.78, 5) is 44.1. The van der Waals surface area contributed by atoms with Gasteiger partial charge in [-0.15, -0.1) is 0 Å². The molecule has 0 radical (unpaired) electrons. The number of non-ortho nitro benzene ring substituents is 1. The number of thioether (sulfide) groups is 1. The van der Waals surface area contributed by atoms with Crippen molar-refractivity contribution in [2.45, 2.75) is 4.90 Å². The molecule has 1 fully saturated rings. The second-order valence-corrected chi connectivity index (χ2v) is 10.2. The fraction of sp³-hybridized carbons (Fsp3) is 0.185. The van der Waals surface area contributed by atoms with Crippen molar-refractivity contribution in [1.29, 1.82) is 0 Å². The number of hydrogen-bond acceptors (Lipinski definition) is 6. The number of nitro benzene ring substituents is 1. The zero-order valence-corrected chi connectivity index (χ0v) is 21.3. The van der Waals surface area contributed by atoms with Crippen LogP contribution in [0.4, 0.5) is 17.1 Å². The van der Waals surface area contributed by atoms with Crippen LogP contribution in [0.3, 0.4) is 0 Å². The molecule has 3 aromatic carbocycles. The summed E-state index contributed by atoms with van der Waals surface area (Å²) >= 11 is 7.51. The summed E-state index contributed by atoms with van der Waals surface area (Å²) in [6.45, 7) is 2.15. The molecule has 0 spiro atoms. The molecule has 0 atom stereocenters. The predicted octanol–water partition coefficient (Wildman–Crippen LogP) is 5.08. The molecule has 0 unspecified atom stereocenters. The van der Waals surface area contributed by atoms with Crippen molar-refractivity contribution < 1.29 is 14.5 Å². The monoisotopic (exact) mass is 534 g/mol. The molecule has 2 aliphatic heterocycles. The summed E-state index contributed by atoms with van der Waals surface area (Å²) in [6, 6.07) is 21.3. The van der Waals surface area contributed by atoms with Gasteiger partial charge in [-0.3, -0.25) is 24.6 Å². The standard InChI is InChI=1S/C27H23ClN4O4S/c28-20-5-3-4-19(16-20)17-25-27(34)31(23-6-1-2-7-24(23)37-25)18-26(33)30-14-12-29(13-15-30)21-8-10-22(11-9-21)32(35)36/h1-11,16-17H,12-15,18H2/b25-17-. The van der Waals surface area contributed by atoms with E-state index in [1.165, 1.54) is 23.9 Å². The zero-order chi connectivity index (χ0) is 25.9. The summed E-state index contributed by atoms with van der Waals surface area (Å²) in [5, 5.41) is 11.5. The number of rotatable bonds is 5. The Bertz CT molecular complexity index is 1390. The highest BCUT2D eigenvalue weighted by Gasteiger charge is 2.32. The number of carbonyl (C=O) groups excluding carboxylic acids is 2. The molecule has 0 aromatic heterocycles. The smallest absolute Gasteiger partial charge is 0.269 e. The SMILES string of the molecule is O=C(CN1C(=O)/C(=C/c2cccc(Cl)c2)Sc2ccccc21)N1CCN(c2ccc([N+](=O)[O-])cc2)CC1. The molecule has 0 bridgehead atoms. The average molecular weight is 535 g/mol. The van der Waals surface area contributed by atoms with Gasteiger partial charge in [0.2, 0.25) is 5.91 Å². The predicted molar refractivity (Wildman–Crippen MR) is 146 cm³/mol. The molecular formula is C27H23ClN4O4S. The van der Waals surface area contributed by atoms with E-state index in [0.717, 1.165) is 21.8 Å². The first kappa shape index (κ1) is 24.9. The molecule has 1 saturated heterocycles. The van der Waals surface area contributed by atoms with Gasteiger partial charge in [0.25, 0.3) is 11.6 Å². The van der Waals surface area contributed by atoms with Gasteiger partial charge in [0.1, 0.15) is 6.54 Å². The van der Waals surface area contributed by atoms with Crippen LogP contribution >= 0.6 is 23.4 Å². The molecule has 2 aliphatic rings. The summed E-state index contributed by atoms with van der Waals surface area (Å²) in [6.07, 6.45) is 1.80. The highest BCUT2D eigenvalue weighted by atomic mass is 35.5. The van der Waals surface area contributed by atoms with Gasteiger partial charge in [-0.25, -0.2) is 0 Å². The van der Waals surface area contributed by atoms with Crippen molar-refractivity contribution in [3.05, 3.63) is 98.4 Å². The van der Waals surface area contributed by atoms with Crippen molar-refractivity contribution >= 4 is 58.3 Å². The van der Waals surface area contributed by atoms with Crippen LogP contribution in [0.5, 0.6) is 0 Å². The van der Waals surface area contributed by atoms with Crippen LogP contribution in [0.2, 0.25) is 5.02 Å². The van der Waals surface area contributed by atoms with Crippen LogP contribution in [0, 0.1) is 10.1 Å². The maximum atomic E-state index is 13.5. The van der Waals surface area contributed by atoms with Gasteiger partial charge in [0, 0.05) is 53.9 Å². The van der Waals surface area contributed by atoms with Crippen molar-refractivity contribution in [1.82, 2.24) is 4.90 Å². The molecule has 0 N–H and O–H groups in total.